The van der Waals surface area contributed by atoms with Gasteiger partial charge in [-0.1, -0.05) is 39.1 Å². The number of amides is 4. The third kappa shape index (κ3) is 3.99. The van der Waals surface area contributed by atoms with E-state index in [0.717, 1.165) is 26.4 Å². The molecule has 3 aromatic rings. The van der Waals surface area contributed by atoms with Gasteiger partial charge in [-0.25, -0.2) is 9.69 Å². The fraction of sp³-hybridized carbons (Fsp3) is 0.0870. The highest BCUT2D eigenvalue weighted by Gasteiger charge is 2.37. The summed E-state index contributed by atoms with van der Waals surface area (Å²) >= 11 is 15.7. The van der Waals surface area contributed by atoms with Crippen molar-refractivity contribution in [2.45, 2.75) is 13.8 Å². The Morgan fingerprint density at radius 3 is 2.31 bits per heavy atom. The molecule has 1 N–H and O–H groups in total. The molecule has 0 atom stereocenters. The summed E-state index contributed by atoms with van der Waals surface area (Å²) in [6, 6.07) is 12.9. The Labute approximate surface area is 202 Å². The van der Waals surface area contributed by atoms with Gasteiger partial charge in [0.15, 0.2) is 0 Å². The SMILES string of the molecule is Cc1cc(/C=C2\C(=O)NC(=O)N(c3ccc(Br)cc3)C2=O)c(C)n1-c1ccc(Cl)cc1Cl. The number of imide groups is 2. The van der Waals surface area contributed by atoms with Gasteiger partial charge in [0, 0.05) is 20.9 Å². The number of anilines is 1. The molecule has 1 aliphatic rings. The van der Waals surface area contributed by atoms with Gasteiger partial charge in [-0.3, -0.25) is 14.9 Å². The minimum absolute atomic E-state index is 0.144. The first-order chi connectivity index (χ1) is 15.2. The Bertz CT molecular complexity index is 1310. The summed E-state index contributed by atoms with van der Waals surface area (Å²) in [5, 5.41) is 3.22. The Kier molecular flexibility index (Phi) is 5.99. The van der Waals surface area contributed by atoms with E-state index < -0.39 is 17.8 Å². The van der Waals surface area contributed by atoms with E-state index in [1.54, 1.807) is 42.5 Å². The first-order valence-electron chi connectivity index (χ1n) is 9.49. The molecule has 1 aromatic heterocycles. The zero-order valence-electron chi connectivity index (χ0n) is 16.9. The molecule has 1 saturated heterocycles. The van der Waals surface area contributed by atoms with Gasteiger partial charge in [0.05, 0.1) is 16.4 Å². The molecule has 4 amide bonds. The third-order valence-electron chi connectivity index (χ3n) is 5.11. The maximum atomic E-state index is 13.1. The van der Waals surface area contributed by atoms with Gasteiger partial charge < -0.3 is 4.57 Å². The molecule has 9 heteroatoms. The number of halogens is 3. The molecule has 2 heterocycles. The number of rotatable bonds is 3. The lowest BCUT2D eigenvalue weighted by atomic mass is 10.1. The highest BCUT2D eigenvalue weighted by Crippen LogP contribution is 2.30. The second-order valence-corrected chi connectivity index (χ2v) is 8.95. The second-order valence-electron chi connectivity index (χ2n) is 7.19. The third-order valence-corrected chi connectivity index (χ3v) is 6.17. The van der Waals surface area contributed by atoms with Crippen LogP contribution in [0.1, 0.15) is 17.0 Å². The van der Waals surface area contributed by atoms with Crippen LogP contribution in [0.5, 0.6) is 0 Å². The van der Waals surface area contributed by atoms with Crippen molar-refractivity contribution in [1.29, 1.82) is 0 Å². The van der Waals surface area contributed by atoms with Crippen LogP contribution in [0.3, 0.4) is 0 Å². The number of aromatic nitrogens is 1. The first-order valence-corrected chi connectivity index (χ1v) is 11.0. The van der Waals surface area contributed by atoms with E-state index in [0.29, 0.717) is 21.3 Å². The minimum atomic E-state index is -0.794. The quantitative estimate of drug-likeness (QED) is 0.341. The summed E-state index contributed by atoms with van der Waals surface area (Å²) in [6.07, 6.45) is 1.48. The first kappa shape index (κ1) is 22.3. The van der Waals surface area contributed by atoms with E-state index in [1.807, 2.05) is 24.5 Å². The van der Waals surface area contributed by atoms with Gasteiger partial charge in [-0.05, 0) is 74.0 Å². The highest BCUT2D eigenvalue weighted by atomic mass is 79.9. The van der Waals surface area contributed by atoms with Crippen molar-refractivity contribution in [2.75, 3.05) is 4.90 Å². The molecule has 32 heavy (non-hydrogen) atoms. The van der Waals surface area contributed by atoms with Crippen LogP contribution in [-0.4, -0.2) is 22.4 Å². The predicted molar refractivity (Wildman–Crippen MR) is 128 cm³/mol. The molecule has 1 fully saturated rings. The smallest absolute Gasteiger partial charge is 0.316 e. The molecule has 0 saturated carbocycles. The van der Waals surface area contributed by atoms with E-state index in [9.17, 15) is 14.4 Å². The van der Waals surface area contributed by atoms with Gasteiger partial charge in [0.25, 0.3) is 11.8 Å². The molecule has 0 radical (unpaired) electrons. The number of aryl methyl sites for hydroxylation is 1. The lowest BCUT2D eigenvalue weighted by molar-refractivity contribution is -0.122. The number of hydrogen-bond donors (Lipinski definition) is 1. The van der Waals surface area contributed by atoms with Crippen molar-refractivity contribution in [3.63, 3.8) is 0 Å². The number of barbiturate groups is 1. The molecule has 0 spiro atoms. The summed E-state index contributed by atoms with van der Waals surface area (Å²) in [5.74, 6) is -1.45. The zero-order valence-corrected chi connectivity index (χ0v) is 20.0. The van der Waals surface area contributed by atoms with Gasteiger partial charge in [-0.15, -0.1) is 0 Å². The van der Waals surface area contributed by atoms with Crippen molar-refractivity contribution in [1.82, 2.24) is 9.88 Å². The largest absolute Gasteiger partial charge is 0.335 e. The highest BCUT2D eigenvalue weighted by molar-refractivity contribution is 9.10. The topological polar surface area (TPSA) is 71.4 Å². The normalized spacial score (nSPS) is 15.5. The average molecular weight is 533 g/mol. The minimum Gasteiger partial charge on any atom is -0.316 e. The standard InChI is InChI=1S/C23H16BrCl2N3O3/c1-12-9-14(13(2)28(12)20-8-5-16(25)11-19(20)26)10-18-21(30)27-23(32)29(22(18)31)17-6-3-15(24)4-7-17/h3-11H,1-2H3,(H,27,30,32)/b18-10+. The Morgan fingerprint density at radius 2 is 1.66 bits per heavy atom. The van der Waals surface area contributed by atoms with Crippen LogP contribution in [0, 0.1) is 13.8 Å². The number of nitrogens with zero attached hydrogens (tertiary/aromatic N) is 2. The average Bonchev–Trinajstić information content (AvgIpc) is 3.00. The van der Waals surface area contributed by atoms with Crippen molar-refractivity contribution >= 4 is 68.7 Å². The van der Waals surface area contributed by atoms with E-state index in [-0.39, 0.29) is 5.57 Å². The Morgan fingerprint density at radius 1 is 0.969 bits per heavy atom. The van der Waals surface area contributed by atoms with Crippen molar-refractivity contribution < 1.29 is 14.4 Å². The van der Waals surface area contributed by atoms with Gasteiger partial charge in [0.2, 0.25) is 0 Å². The zero-order chi connectivity index (χ0) is 23.2. The molecule has 4 rings (SSSR count). The van der Waals surface area contributed by atoms with Crippen LogP contribution >= 0.6 is 39.1 Å². The maximum absolute atomic E-state index is 13.1. The fourth-order valence-electron chi connectivity index (χ4n) is 3.60. The summed E-state index contributed by atoms with van der Waals surface area (Å²) in [5.41, 5.74) is 3.21. The van der Waals surface area contributed by atoms with E-state index in [2.05, 4.69) is 21.2 Å². The van der Waals surface area contributed by atoms with Crippen molar-refractivity contribution in [3.05, 3.63) is 85.6 Å². The van der Waals surface area contributed by atoms with Gasteiger partial charge in [-0.2, -0.15) is 0 Å². The molecule has 1 aliphatic heterocycles. The Hall–Kier alpha value is -2.87. The lowest BCUT2D eigenvalue weighted by Crippen LogP contribution is -2.54. The summed E-state index contributed by atoms with van der Waals surface area (Å²) in [4.78, 5) is 39.0. The van der Waals surface area contributed by atoms with Crippen LogP contribution in [0.4, 0.5) is 10.5 Å². The number of carbonyl (C=O) groups is 3. The van der Waals surface area contributed by atoms with E-state index in [4.69, 9.17) is 23.2 Å². The monoisotopic (exact) mass is 531 g/mol. The molecule has 162 valence electrons. The molecule has 0 bridgehead atoms. The van der Waals surface area contributed by atoms with Crippen LogP contribution in [0.15, 0.2) is 58.6 Å². The number of carbonyl (C=O) groups excluding carboxylic acids is 3. The van der Waals surface area contributed by atoms with E-state index >= 15 is 0 Å². The molecule has 2 aromatic carbocycles. The summed E-state index contributed by atoms with van der Waals surface area (Å²) in [7, 11) is 0. The van der Waals surface area contributed by atoms with Crippen LogP contribution < -0.4 is 10.2 Å². The van der Waals surface area contributed by atoms with Crippen LogP contribution in [0.25, 0.3) is 11.8 Å². The Balaban J connectivity index is 1.77. The molecule has 0 unspecified atom stereocenters. The van der Waals surface area contributed by atoms with Gasteiger partial charge in [0.1, 0.15) is 5.57 Å². The van der Waals surface area contributed by atoms with Gasteiger partial charge >= 0.3 is 6.03 Å². The molecule has 6 nitrogen and oxygen atoms in total. The molecular weight excluding hydrogens is 517 g/mol. The number of urea groups is 1. The van der Waals surface area contributed by atoms with Crippen molar-refractivity contribution in [2.24, 2.45) is 0 Å². The second kappa shape index (κ2) is 8.58. The predicted octanol–water partition coefficient (Wildman–Crippen LogP) is 5.83. The number of nitrogens with one attached hydrogen (secondary N) is 1. The number of hydrogen-bond acceptors (Lipinski definition) is 3. The molecular formula is C23H16BrCl2N3O3. The van der Waals surface area contributed by atoms with Crippen LogP contribution in [0.2, 0.25) is 10.0 Å². The fourth-order valence-corrected chi connectivity index (χ4v) is 4.36. The summed E-state index contributed by atoms with van der Waals surface area (Å²) < 4.78 is 2.71. The van der Waals surface area contributed by atoms with E-state index in [1.165, 1.54) is 6.08 Å². The van der Waals surface area contributed by atoms with Crippen molar-refractivity contribution in [3.8, 4) is 5.69 Å². The maximum Gasteiger partial charge on any atom is 0.335 e. The summed E-state index contributed by atoms with van der Waals surface area (Å²) in [6.45, 7) is 3.74. The lowest BCUT2D eigenvalue weighted by Gasteiger charge is -2.26. The molecule has 0 aliphatic carbocycles. The number of benzene rings is 2. The van der Waals surface area contributed by atoms with Crippen LogP contribution in [-0.2, 0) is 9.59 Å².